The number of carbonyl (C=O) groups excluding carboxylic acids is 3. The second-order valence-electron chi connectivity index (χ2n) is 5.43. The molecule has 0 atom stereocenters. The molecule has 0 bridgehead atoms. The number of amides is 3. The Hall–Kier alpha value is -3.16. The fraction of sp³-hybridized carbons (Fsp3) is 0. The number of anilines is 1. The number of hydrogen-bond acceptors (Lipinski definition) is 4. The summed E-state index contributed by atoms with van der Waals surface area (Å²) < 4.78 is 0. The Morgan fingerprint density at radius 1 is 0.778 bits per heavy atom. The van der Waals surface area contributed by atoms with E-state index in [-0.39, 0.29) is 11.5 Å². The minimum absolute atomic E-state index is 0.220. The van der Waals surface area contributed by atoms with E-state index in [9.17, 15) is 14.4 Å². The van der Waals surface area contributed by atoms with Crippen molar-refractivity contribution in [3.05, 3.63) is 87.1 Å². The molecule has 3 aromatic rings. The van der Waals surface area contributed by atoms with Gasteiger partial charge in [0, 0.05) is 16.0 Å². The van der Waals surface area contributed by atoms with E-state index >= 15 is 0 Å². The number of nitrogens with one attached hydrogen (secondary N) is 3. The lowest BCUT2D eigenvalue weighted by Crippen LogP contribution is -2.41. The molecule has 0 aliphatic rings. The van der Waals surface area contributed by atoms with Gasteiger partial charge >= 0.3 is 0 Å². The second-order valence-corrected chi connectivity index (χ2v) is 6.64. The van der Waals surface area contributed by atoms with Crippen LogP contribution in [0.1, 0.15) is 31.1 Å². The lowest BCUT2D eigenvalue weighted by Gasteiger charge is -2.12. The Balaban J connectivity index is 1.67. The fourth-order valence-corrected chi connectivity index (χ4v) is 2.99. The second kappa shape index (κ2) is 8.48. The highest BCUT2D eigenvalue weighted by molar-refractivity contribution is 7.08. The highest BCUT2D eigenvalue weighted by Gasteiger charge is 2.15. The van der Waals surface area contributed by atoms with E-state index in [1.54, 1.807) is 65.4 Å². The molecule has 1 heterocycles. The van der Waals surface area contributed by atoms with Crippen molar-refractivity contribution in [2.24, 2.45) is 0 Å². The first kappa shape index (κ1) is 18.6. The van der Waals surface area contributed by atoms with Crippen LogP contribution in [-0.2, 0) is 0 Å². The summed E-state index contributed by atoms with van der Waals surface area (Å²) in [7, 11) is 0. The van der Waals surface area contributed by atoms with Crippen molar-refractivity contribution in [1.29, 1.82) is 0 Å². The average molecular weight is 400 g/mol. The van der Waals surface area contributed by atoms with E-state index in [4.69, 9.17) is 11.6 Å². The van der Waals surface area contributed by atoms with Gasteiger partial charge in [-0.25, -0.2) is 0 Å². The van der Waals surface area contributed by atoms with Gasteiger partial charge in [0.05, 0.1) is 16.8 Å². The molecule has 0 aliphatic carbocycles. The molecule has 3 N–H and O–H groups in total. The van der Waals surface area contributed by atoms with Gasteiger partial charge in [-0.05, 0) is 47.8 Å². The molecule has 8 heteroatoms. The van der Waals surface area contributed by atoms with Crippen LogP contribution in [0.2, 0.25) is 5.02 Å². The molecular formula is C19H14ClN3O3S. The van der Waals surface area contributed by atoms with Crippen LogP contribution in [0, 0.1) is 0 Å². The zero-order valence-corrected chi connectivity index (χ0v) is 15.4. The number of hydrazine groups is 1. The molecule has 2 aromatic carbocycles. The number of carbonyl (C=O) groups is 3. The Bertz CT molecular complexity index is 972. The Labute approximate surface area is 164 Å². The van der Waals surface area contributed by atoms with E-state index in [1.165, 1.54) is 11.3 Å². The molecule has 0 aliphatic heterocycles. The van der Waals surface area contributed by atoms with Gasteiger partial charge in [-0.3, -0.25) is 25.2 Å². The number of halogens is 1. The molecule has 3 amide bonds. The standard InChI is InChI=1S/C19H14ClN3O3S/c20-14-7-5-12(6-8-14)18(25)22-23-19(26)15-3-1-2-4-16(15)21-17(24)13-9-10-27-11-13/h1-11H,(H,21,24)(H,22,25)(H,23,26). The van der Waals surface area contributed by atoms with E-state index in [1.807, 2.05) is 0 Å². The van der Waals surface area contributed by atoms with E-state index in [0.717, 1.165) is 0 Å². The maximum Gasteiger partial charge on any atom is 0.271 e. The molecule has 6 nitrogen and oxygen atoms in total. The maximum atomic E-state index is 12.4. The van der Waals surface area contributed by atoms with Gasteiger partial charge in [0.25, 0.3) is 17.7 Å². The fourth-order valence-electron chi connectivity index (χ4n) is 2.23. The first-order valence-electron chi connectivity index (χ1n) is 7.83. The summed E-state index contributed by atoms with van der Waals surface area (Å²) >= 11 is 7.19. The van der Waals surface area contributed by atoms with Crippen LogP contribution in [0.5, 0.6) is 0 Å². The van der Waals surface area contributed by atoms with Crippen LogP contribution in [0.15, 0.2) is 65.4 Å². The summed E-state index contributed by atoms with van der Waals surface area (Å²) in [4.78, 5) is 36.7. The Kier molecular flexibility index (Phi) is 5.85. The number of thiophene rings is 1. The highest BCUT2D eigenvalue weighted by atomic mass is 35.5. The maximum absolute atomic E-state index is 12.4. The van der Waals surface area contributed by atoms with Crippen LogP contribution in [0.25, 0.3) is 0 Å². The third-order valence-corrected chi connectivity index (χ3v) is 4.53. The zero-order valence-electron chi connectivity index (χ0n) is 13.9. The van der Waals surface area contributed by atoms with Crippen LogP contribution >= 0.6 is 22.9 Å². The molecule has 1 aromatic heterocycles. The smallest absolute Gasteiger partial charge is 0.271 e. The normalized spacial score (nSPS) is 10.1. The summed E-state index contributed by atoms with van der Waals surface area (Å²) in [5.74, 6) is -1.36. The predicted molar refractivity (Wildman–Crippen MR) is 105 cm³/mol. The summed E-state index contributed by atoms with van der Waals surface area (Å²) in [5, 5.41) is 6.71. The van der Waals surface area contributed by atoms with Gasteiger partial charge in [-0.2, -0.15) is 11.3 Å². The van der Waals surface area contributed by atoms with Crippen LogP contribution in [0.4, 0.5) is 5.69 Å². The largest absolute Gasteiger partial charge is 0.321 e. The summed E-state index contributed by atoms with van der Waals surface area (Å²) in [6.07, 6.45) is 0. The predicted octanol–water partition coefficient (Wildman–Crippen LogP) is 3.73. The van der Waals surface area contributed by atoms with Crippen molar-refractivity contribution in [2.45, 2.75) is 0 Å². The van der Waals surface area contributed by atoms with Crippen molar-refractivity contribution < 1.29 is 14.4 Å². The highest BCUT2D eigenvalue weighted by Crippen LogP contribution is 2.17. The lowest BCUT2D eigenvalue weighted by molar-refractivity contribution is 0.0847. The van der Waals surface area contributed by atoms with E-state index in [2.05, 4.69) is 16.2 Å². The van der Waals surface area contributed by atoms with Crippen LogP contribution < -0.4 is 16.2 Å². The molecule has 0 spiro atoms. The van der Waals surface area contributed by atoms with E-state index in [0.29, 0.717) is 21.8 Å². The van der Waals surface area contributed by atoms with Crippen LogP contribution in [0.3, 0.4) is 0 Å². The molecule has 0 saturated heterocycles. The van der Waals surface area contributed by atoms with Crippen LogP contribution in [-0.4, -0.2) is 17.7 Å². The minimum Gasteiger partial charge on any atom is -0.321 e. The first-order valence-corrected chi connectivity index (χ1v) is 9.15. The zero-order chi connectivity index (χ0) is 19.2. The summed E-state index contributed by atoms with van der Waals surface area (Å²) in [6, 6.07) is 14.4. The SMILES string of the molecule is O=C(NNC(=O)c1ccccc1NC(=O)c1ccsc1)c1ccc(Cl)cc1. The van der Waals surface area contributed by atoms with Gasteiger partial charge in [-0.15, -0.1) is 0 Å². The number of para-hydroxylation sites is 1. The molecule has 27 heavy (non-hydrogen) atoms. The van der Waals surface area contributed by atoms with Gasteiger partial charge in [0.1, 0.15) is 0 Å². The number of rotatable bonds is 4. The van der Waals surface area contributed by atoms with Crippen molar-refractivity contribution in [3.63, 3.8) is 0 Å². The quantitative estimate of drug-likeness (QED) is 0.584. The van der Waals surface area contributed by atoms with Crippen molar-refractivity contribution >= 4 is 46.3 Å². The van der Waals surface area contributed by atoms with Gasteiger partial charge in [0.15, 0.2) is 0 Å². The van der Waals surface area contributed by atoms with Gasteiger partial charge in [-0.1, -0.05) is 23.7 Å². The topological polar surface area (TPSA) is 87.3 Å². The molecule has 0 saturated carbocycles. The lowest BCUT2D eigenvalue weighted by atomic mass is 10.1. The molecule has 0 fully saturated rings. The third-order valence-electron chi connectivity index (χ3n) is 3.60. The van der Waals surface area contributed by atoms with Gasteiger partial charge in [0.2, 0.25) is 0 Å². The molecule has 0 radical (unpaired) electrons. The van der Waals surface area contributed by atoms with E-state index < -0.39 is 11.8 Å². The molecular weight excluding hydrogens is 386 g/mol. The van der Waals surface area contributed by atoms with Crippen molar-refractivity contribution in [2.75, 3.05) is 5.32 Å². The Morgan fingerprint density at radius 3 is 2.19 bits per heavy atom. The van der Waals surface area contributed by atoms with Crippen molar-refractivity contribution in [3.8, 4) is 0 Å². The van der Waals surface area contributed by atoms with Gasteiger partial charge < -0.3 is 5.32 Å². The Morgan fingerprint density at radius 2 is 1.48 bits per heavy atom. The summed E-state index contributed by atoms with van der Waals surface area (Å²) in [5.41, 5.74) is 6.08. The third kappa shape index (κ3) is 4.72. The van der Waals surface area contributed by atoms with Crippen molar-refractivity contribution in [1.82, 2.24) is 10.9 Å². The average Bonchev–Trinajstić information content (AvgIpc) is 3.22. The molecule has 0 unspecified atom stereocenters. The summed E-state index contributed by atoms with van der Waals surface area (Å²) in [6.45, 7) is 0. The minimum atomic E-state index is -0.557. The monoisotopic (exact) mass is 399 g/mol. The first-order chi connectivity index (χ1) is 13.0. The molecule has 136 valence electrons. The number of hydrogen-bond donors (Lipinski definition) is 3. The molecule has 3 rings (SSSR count). The number of benzene rings is 2.